The molecule has 2 heterocycles. The van der Waals surface area contributed by atoms with Crippen molar-refractivity contribution in [1.29, 1.82) is 0 Å². The topological polar surface area (TPSA) is 123 Å². The van der Waals surface area contributed by atoms with E-state index in [4.69, 9.17) is 9.47 Å². The van der Waals surface area contributed by atoms with Gasteiger partial charge >= 0.3 is 5.97 Å². The van der Waals surface area contributed by atoms with E-state index >= 15 is 0 Å². The van der Waals surface area contributed by atoms with E-state index in [0.717, 1.165) is 33.7 Å². The van der Waals surface area contributed by atoms with Crippen molar-refractivity contribution in [2.75, 3.05) is 13.2 Å². The molecule has 10 heteroatoms. The van der Waals surface area contributed by atoms with Gasteiger partial charge in [-0.1, -0.05) is 56.3 Å². The van der Waals surface area contributed by atoms with Crippen molar-refractivity contribution in [3.05, 3.63) is 89.5 Å². The van der Waals surface area contributed by atoms with E-state index in [0.29, 0.717) is 19.4 Å². The molecule has 206 valence electrons. The van der Waals surface area contributed by atoms with Gasteiger partial charge in [-0.3, -0.25) is 9.78 Å². The highest BCUT2D eigenvalue weighted by Crippen LogP contribution is 2.19. The summed E-state index contributed by atoms with van der Waals surface area (Å²) in [6, 6.07) is 17.1. The molecule has 0 bridgehead atoms. The van der Waals surface area contributed by atoms with Crippen LogP contribution in [-0.4, -0.2) is 48.6 Å². The van der Waals surface area contributed by atoms with Gasteiger partial charge in [0.25, 0.3) is 0 Å². The molecular formula is C29H34N4O5S. The quantitative estimate of drug-likeness (QED) is 0.188. The van der Waals surface area contributed by atoms with Gasteiger partial charge in [0, 0.05) is 12.6 Å². The lowest BCUT2D eigenvalue weighted by atomic mass is 10.1. The molecule has 0 aliphatic heterocycles. The lowest BCUT2D eigenvalue weighted by Crippen LogP contribution is -2.42. The number of pyridine rings is 1. The number of rotatable bonds is 13. The first kappa shape index (κ1) is 28.4. The van der Waals surface area contributed by atoms with Crippen molar-refractivity contribution < 1.29 is 22.7 Å². The maximum atomic E-state index is 13.1. The minimum atomic E-state index is -3.96. The number of H-pyrrole nitrogens is 1. The number of aromatic nitrogens is 3. The number of nitrogens with zero attached hydrogens (tertiary/aromatic N) is 2. The number of esters is 1. The van der Waals surface area contributed by atoms with Crippen LogP contribution in [0, 0.1) is 12.8 Å². The van der Waals surface area contributed by atoms with Crippen LogP contribution in [0.5, 0.6) is 0 Å². The van der Waals surface area contributed by atoms with Gasteiger partial charge in [-0.25, -0.2) is 13.4 Å². The van der Waals surface area contributed by atoms with Gasteiger partial charge in [0.2, 0.25) is 10.0 Å². The fourth-order valence-corrected chi connectivity index (χ4v) is 5.41. The number of aromatic amines is 1. The lowest BCUT2D eigenvalue weighted by Gasteiger charge is -2.19. The average molecular weight is 551 g/mol. The maximum absolute atomic E-state index is 13.1. The zero-order valence-electron chi connectivity index (χ0n) is 22.4. The van der Waals surface area contributed by atoms with Crippen LogP contribution in [0.25, 0.3) is 11.0 Å². The van der Waals surface area contributed by atoms with Gasteiger partial charge < -0.3 is 14.5 Å². The van der Waals surface area contributed by atoms with Crippen molar-refractivity contribution in [2.24, 2.45) is 5.92 Å². The number of carbonyl (C=O) groups is 1. The summed E-state index contributed by atoms with van der Waals surface area (Å²) in [6.07, 6.45) is 2.53. The van der Waals surface area contributed by atoms with Crippen LogP contribution in [0.15, 0.2) is 71.8 Å². The van der Waals surface area contributed by atoms with Crippen LogP contribution in [-0.2, 0) is 37.3 Å². The van der Waals surface area contributed by atoms with Crippen LogP contribution in [0.2, 0.25) is 0 Å². The van der Waals surface area contributed by atoms with Gasteiger partial charge in [-0.05, 0) is 48.6 Å². The van der Waals surface area contributed by atoms with Crippen LogP contribution in [0.3, 0.4) is 0 Å². The number of sulfonamides is 1. The molecule has 0 saturated heterocycles. The molecular weight excluding hydrogens is 516 g/mol. The molecule has 0 aliphatic rings. The Morgan fingerprint density at radius 1 is 1.00 bits per heavy atom. The summed E-state index contributed by atoms with van der Waals surface area (Å²) in [6.45, 7) is 6.38. The maximum Gasteiger partial charge on any atom is 0.324 e. The summed E-state index contributed by atoms with van der Waals surface area (Å²) in [4.78, 5) is 25.0. The molecule has 0 saturated carbocycles. The normalized spacial score (nSPS) is 12.6. The van der Waals surface area contributed by atoms with Crippen molar-refractivity contribution >= 4 is 27.0 Å². The third-order valence-electron chi connectivity index (χ3n) is 6.07. The molecule has 0 fully saturated rings. The second-order valence-corrected chi connectivity index (χ2v) is 11.5. The fraction of sp³-hybridized carbons (Fsp3) is 0.345. The zero-order chi connectivity index (χ0) is 27.8. The minimum absolute atomic E-state index is 0.0347. The van der Waals surface area contributed by atoms with Gasteiger partial charge in [0.05, 0.1) is 29.3 Å². The summed E-state index contributed by atoms with van der Waals surface area (Å²) in [7, 11) is -3.96. The molecule has 0 amide bonds. The van der Waals surface area contributed by atoms with Gasteiger partial charge in [-0.2, -0.15) is 4.72 Å². The molecule has 4 aromatic rings. The second kappa shape index (κ2) is 13.0. The summed E-state index contributed by atoms with van der Waals surface area (Å²) in [5, 5.41) is 0. The number of ether oxygens (including phenoxy) is 2. The molecule has 0 spiro atoms. The Hall–Kier alpha value is -3.60. The number of carbonyl (C=O) groups excluding carboxylic acids is 1. The van der Waals surface area contributed by atoms with E-state index in [1.807, 2.05) is 57.2 Å². The first-order valence-electron chi connectivity index (χ1n) is 12.9. The molecule has 2 aromatic heterocycles. The highest BCUT2D eigenvalue weighted by Gasteiger charge is 2.28. The first-order chi connectivity index (χ1) is 18.7. The van der Waals surface area contributed by atoms with Crippen LogP contribution in [0.4, 0.5) is 0 Å². The molecule has 4 rings (SSSR count). The molecule has 0 radical (unpaired) electrons. The largest absolute Gasteiger partial charge is 0.462 e. The summed E-state index contributed by atoms with van der Waals surface area (Å²) < 4.78 is 39.7. The summed E-state index contributed by atoms with van der Waals surface area (Å²) in [5.74, 6) is 0.254. The molecule has 0 aliphatic carbocycles. The van der Waals surface area contributed by atoms with Gasteiger partial charge in [0.15, 0.2) is 0 Å². The number of nitrogens with one attached hydrogen (secondary N) is 2. The van der Waals surface area contributed by atoms with Crippen LogP contribution < -0.4 is 4.72 Å². The summed E-state index contributed by atoms with van der Waals surface area (Å²) >= 11 is 0. The van der Waals surface area contributed by atoms with E-state index in [1.54, 1.807) is 18.3 Å². The van der Waals surface area contributed by atoms with Crippen molar-refractivity contribution in [1.82, 2.24) is 19.7 Å². The molecule has 9 nitrogen and oxygen atoms in total. The van der Waals surface area contributed by atoms with Gasteiger partial charge in [0.1, 0.15) is 24.0 Å². The third kappa shape index (κ3) is 7.95. The number of benzene rings is 2. The predicted molar refractivity (Wildman–Crippen MR) is 148 cm³/mol. The highest BCUT2D eigenvalue weighted by atomic mass is 32.2. The molecule has 0 unspecified atom stereocenters. The van der Waals surface area contributed by atoms with Crippen molar-refractivity contribution in [3.8, 4) is 0 Å². The highest BCUT2D eigenvalue weighted by molar-refractivity contribution is 7.89. The first-order valence-corrected chi connectivity index (χ1v) is 14.4. The Morgan fingerprint density at radius 2 is 1.74 bits per heavy atom. The number of imidazole rings is 1. The Labute approximate surface area is 229 Å². The Kier molecular flexibility index (Phi) is 9.45. The third-order valence-corrected chi connectivity index (χ3v) is 7.56. The second-order valence-electron chi connectivity index (χ2n) is 9.81. The number of hydrogen-bond acceptors (Lipinski definition) is 7. The standard InChI is InChI=1S/C29H34N4O5S/c1-20(2)17-27(29(34)38-16-15-37-19-23-7-5-4-6-8-23)33-39(35,36)24-11-9-22(10-12-24)18-26-28-25(13-14-30-26)31-21(3)32-28/h4-14,20,27,33H,15-19H2,1-3H3,(H,31,32)/t27-/m0/s1. The molecule has 39 heavy (non-hydrogen) atoms. The van der Waals surface area contributed by atoms with E-state index in [2.05, 4.69) is 19.7 Å². The Bertz CT molecular complexity index is 1490. The van der Waals surface area contributed by atoms with E-state index in [-0.39, 0.29) is 24.0 Å². The van der Waals surface area contributed by atoms with E-state index in [9.17, 15) is 13.2 Å². The smallest absolute Gasteiger partial charge is 0.324 e. The predicted octanol–water partition coefficient (Wildman–Crippen LogP) is 4.31. The lowest BCUT2D eigenvalue weighted by molar-refractivity contribution is -0.147. The molecule has 2 aromatic carbocycles. The van der Waals surface area contributed by atoms with E-state index in [1.165, 1.54) is 12.1 Å². The van der Waals surface area contributed by atoms with Crippen molar-refractivity contribution in [3.63, 3.8) is 0 Å². The van der Waals surface area contributed by atoms with Crippen molar-refractivity contribution in [2.45, 2.75) is 51.2 Å². The number of aryl methyl sites for hydroxylation is 1. The fourth-order valence-electron chi connectivity index (χ4n) is 4.21. The molecule has 1 atom stereocenters. The molecule has 2 N–H and O–H groups in total. The number of fused-ring (bicyclic) bond motifs is 1. The summed E-state index contributed by atoms with van der Waals surface area (Å²) in [5.41, 5.74) is 4.42. The average Bonchev–Trinajstić information content (AvgIpc) is 3.30. The Balaban J connectivity index is 1.35. The van der Waals surface area contributed by atoms with Crippen LogP contribution >= 0.6 is 0 Å². The van der Waals surface area contributed by atoms with Crippen LogP contribution in [0.1, 0.15) is 42.9 Å². The SMILES string of the molecule is Cc1nc2c(Cc3ccc(S(=O)(=O)N[C@@H](CC(C)C)C(=O)OCCOCc4ccccc4)cc3)nccc2[nH]1. The van der Waals surface area contributed by atoms with E-state index < -0.39 is 22.0 Å². The zero-order valence-corrected chi connectivity index (χ0v) is 23.2. The number of hydrogen-bond donors (Lipinski definition) is 2. The monoisotopic (exact) mass is 550 g/mol. The minimum Gasteiger partial charge on any atom is -0.462 e. The van der Waals surface area contributed by atoms with Gasteiger partial charge in [-0.15, -0.1) is 0 Å². The Morgan fingerprint density at radius 3 is 2.46 bits per heavy atom.